The number of rotatable bonds is 4. The van der Waals surface area contributed by atoms with Crippen LogP contribution in [0.25, 0.3) is 0 Å². The third-order valence-corrected chi connectivity index (χ3v) is 2.52. The van der Waals surface area contributed by atoms with Gasteiger partial charge in [-0.3, -0.25) is 4.79 Å². The summed E-state index contributed by atoms with van der Waals surface area (Å²) in [5.41, 5.74) is 5.88. The zero-order valence-electron chi connectivity index (χ0n) is 9.43. The summed E-state index contributed by atoms with van der Waals surface area (Å²) in [6, 6.07) is 6.63. The minimum atomic E-state index is -0.132. The van der Waals surface area contributed by atoms with Crippen LogP contribution in [0.15, 0.2) is 29.4 Å². The van der Waals surface area contributed by atoms with Crippen LogP contribution in [0.5, 0.6) is 0 Å². The summed E-state index contributed by atoms with van der Waals surface area (Å²) in [7, 11) is 1.65. The van der Waals surface area contributed by atoms with Gasteiger partial charge >= 0.3 is 0 Å². The van der Waals surface area contributed by atoms with E-state index in [4.69, 9.17) is 22.5 Å². The maximum Gasteiger partial charge on any atom is 0.253 e. The van der Waals surface area contributed by atoms with Crippen LogP contribution in [0.1, 0.15) is 16.8 Å². The molecule has 1 amide bonds. The van der Waals surface area contributed by atoms with Crippen molar-refractivity contribution in [3.63, 3.8) is 0 Å². The molecule has 1 aromatic carbocycles. The first kappa shape index (κ1) is 13.3. The molecule has 92 valence electrons. The summed E-state index contributed by atoms with van der Waals surface area (Å²) in [4.78, 5) is 13.4. The van der Waals surface area contributed by atoms with E-state index in [9.17, 15) is 4.79 Å². The average molecular weight is 256 g/mol. The summed E-state index contributed by atoms with van der Waals surface area (Å²) in [5, 5.41) is 11.8. The molecule has 1 rings (SSSR count). The van der Waals surface area contributed by atoms with Crippen molar-refractivity contribution in [2.24, 2.45) is 10.9 Å². The van der Waals surface area contributed by atoms with Crippen molar-refractivity contribution in [1.82, 2.24) is 4.90 Å². The molecule has 0 saturated heterocycles. The van der Waals surface area contributed by atoms with Gasteiger partial charge in [-0.2, -0.15) is 0 Å². The van der Waals surface area contributed by atoms with Crippen LogP contribution >= 0.6 is 11.6 Å². The molecule has 0 fully saturated rings. The molecule has 0 aliphatic rings. The lowest BCUT2D eigenvalue weighted by molar-refractivity contribution is 0.0798. The Balaban J connectivity index is 2.60. The van der Waals surface area contributed by atoms with Crippen molar-refractivity contribution in [1.29, 1.82) is 0 Å². The quantitative estimate of drug-likeness (QED) is 0.371. The molecule has 17 heavy (non-hydrogen) atoms. The van der Waals surface area contributed by atoms with Crippen molar-refractivity contribution in [3.8, 4) is 0 Å². The Hall–Kier alpha value is -1.75. The summed E-state index contributed by atoms with van der Waals surface area (Å²) in [6.45, 7) is 0.386. The first-order chi connectivity index (χ1) is 8.04. The van der Waals surface area contributed by atoms with Gasteiger partial charge in [-0.1, -0.05) is 16.8 Å². The summed E-state index contributed by atoms with van der Waals surface area (Å²) >= 11 is 5.73. The lowest BCUT2D eigenvalue weighted by Crippen LogP contribution is -2.30. The number of amides is 1. The fourth-order valence-electron chi connectivity index (χ4n) is 1.25. The number of oxime groups is 1. The van der Waals surface area contributed by atoms with Crippen LogP contribution < -0.4 is 5.73 Å². The van der Waals surface area contributed by atoms with Gasteiger partial charge in [0.05, 0.1) is 0 Å². The molecule has 0 heterocycles. The fraction of sp³-hybridized carbons (Fsp3) is 0.273. The summed E-state index contributed by atoms with van der Waals surface area (Å²) < 4.78 is 0. The lowest BCUT2D eigenvalue weighted by atomic mass is 10.2. The van der Waals surface area contributed by atoms with Crippen LogP contribution in [-0.2, 0) is 0 Å². The summed E-state index contributed by atoms with van der Waals surface area (Å²) in [6.07, 6.45) is 0.326. The Morgan fingerprint density at radius 2 is 2.06 bits per heavy atom. The number of carbonyl (C=O) groups excluding carboxylic acids is 1. The molecular weight excluding hydrogens is 242 g/mol. The maximum atomic E-state index is 11.9. The van der Waals surface area contributed by atoms with Crippen LogP contribution in [-0.4, -0.2) is 35.4 Å². The third-order valence-electron chi connectivity index (χ3n) is 2.27. The molecule has 0 radical (unpaired) electrons. The number of benzene rings is 1. The number of halogens is 1. The Morgan fingerprint density at radius 1 is 1.47 bits per heavy atom. The fourth-order valence-corrected chi connectivity index (χ4v) is 1.37. The second-order valence-corrected chi connectivity index (χ2v) is 4.01. The predicted molar refractivity (Wildman–Crippen MR) is 66.4 cm³/mol. The van der Waals surface area contributed by atoms with Gasteiger partial charge < -0.3 is 15.8 Å². The molecule has 0 spiro atoms. The molecule has 0 aromatic heterocycles. The van der Waals surface area contributed by atoms with Gasteiger partial charge in [0, 0.05) is 30.6 Å². The van der Waals surface area contributed by atoms with Crippen molar-refractivity contribution < 1.29 is 10.0 Å². The normalized spacial score (nSPS) is 11.3. The van der Waals surface area contributed by atoms with E-state index in [2.05, 4.69) is 5.16 Å². The van der Waals surface area contributed by atoms with Crippen molar-refractivity contribution in [3.05, 3.63) is 34.9 Å². The Bertz CT molecular complexity index is 417. The van der Waals surface area contributed by atoms with E-state index in [0.717, 1.165) is 0 Å². The highest BCUT2D eigenvalue weighted by Gasteiger charge is 2.11. The highest BCUT2D eigenvalue weighted by atomic mass is 35.5. The largest absolute Gasteiger partial charge is 0.409 e. The van der Waals surface area contributed by atoms with E-state index in [1.807, 2.05) is 0 Å². The number of nitrogens with two attached hydrogens (primary N) is 1. The molecule has 0 unspecified atom stereocenters. The van der Waals surface area contributed by atoms with Crippen molar-refractivity contribution in [2.75, 3.05) is 13.6 Å². The Kier molecular flexibility index (Phi) is 4.78. The van der Waals surface area contributed by atoms with Crippen LogP contribution in [0.3, 0.4) is 0 Å². The zero-order chi connectivity index (χ0) is 12.8. The second-order valence-electron chi connectivity index (χ2n) is 3.57. The number of nitrogens with zero attached hydrogens (tertiary/aromatic N) is 2. The minimum absolute atomic E-state index is 0.0979. The molecular formula is C11H14ClN3O2. The highest BCUT2D eigenvalue weighted by Crippen LogP contribution is 2.11. The predicted octanol–water partition coefficient (Wildman–Crippen LogP) is 1.55. The smallest absolute Gasteiger partial charge is 0.253 e. The van der Waals surface area contributed by atoms with Crippen molar-refractivity contribution >= 4 is 23.3 Å². The van der Waals surface area contributed by atoms with Gasteiger partial charge in [-0.05, 0) is 24.3 Å². The molecule has 0 aliphatic carbocycles. The molecule has 0 atom stereocenters. The summed E-state index contributed by atoms with van der Waals surface area (Å²) in [5.74, 6) is -0.0341. The molecule has 0 bridgehead atoms. The minimum Gasteiger partial charge on any atom is -0.409 e. The molecule has 3 N–H and O–H groups in total. The molecule has 0 saturated carbocycles. The monoisotopic (exact) mass is 255 g/mol. The number of carbonyl (C=O) groups is 1. The van der Waals surface area contributed by atoms with Crippen molar-refractivity contribution in [2.45, 2.75) is 6.42 Å². The standard InChI is InChI=1S/C11H14ClN3O2/c1-15(7-6-10(13)14-17)11(16)8-2-4-9(12)5-3-8/h2-5,17H,6-7H2,1H3,(H2,13,14). The van der Waals surface area contributed by atoms with Crippen LogP contribution in [0.4, 0.5) is 0 Å². The topological polar surface area (TPSA) is 78.9 Å². The number of amidine groups is 1. The van der Waals surface area contributed by atoms with E-state index in [-0.39, 0.29) is 11.7 Å². The van der Waals surface area contributed by atoms with Gasteiger partial charge in [-0.15, -0.1) is 0 Å². The van der Waals surface area contributed by atoms with Crippen LogP contribution in [0.2, 0.25) is 5.02 Å². The molecule has 1 aromatic rings. The first-order valence-corrected chi connectivity index (χ1v) is 5.40. The SMILES string of the molecule is CN(CC/C(N)=N/O)C(=O)c1ccc(Cl)cc1. The lowest BCUT2D eigenvalue weighted by Gasteiger charge is -2.16. The zero-order valence-corrected chi connectivity index (χ0v) is 10.2. The Morgan fingerprint density at radius 3 is 2.59 bits per heavy atom. The van der Waals surface area contributed by atoms with E-state index in [1.54, 1.807) is 31.3 Å². The van der Waals surface area contributed by atoms with E-state index >= 15 is 0 Å². The average Bonchev–Trinajstić information content (AvgIpc) is 2.35. The van der Waals surface area contributed by atoms with E-state index < -0.39 is 0 Å². The molecule has 0 aliphatic heterocycles. The van der Waals surface area contributed by atoms with E-state index in [1.165, 1.54) is 4.90 Å². The third kappa shape index (κ3) is 3.96. The van der Waals surface area contributed by atoms with E-state index in [0.29, 0.717) is 23.6 Å². The Labute approximate surface area is 104 Å². The maximum absolute atomic E-state index is 11.9. The number of hydrogen-bond acceptors (Lipinski definition) is 3. The van der Waals surface area contributed by atoms with Gasteiger partial charge in [0.15, 0.2) is 0 Å². The van der Waals surface area contributed by atoms with Gasteiger partial charge in [-0.25, -0.2) is 0 Å². The number of hydrogen-bond donors (Lipinski definition) is 2. The molecule has 6 heteroatoms. The van der Waals surface area contributed by atoms with Gasteiger partial charge in [0.2, 0.25) is 0 Å². The van der Waals surface area contributed by atoms with Gasteiger partial charge in [0.25, 0.3) is 5.91 Å². The van der Waals surface area contributed by atoms with Crippen LogP contribution in [0, 0.1) is 0 Å². The second kappa shape index (κ2) is 6.10. The first-order valence-electron chi connectivity index (χ1n) is 5.02. The highest BCUT2D eigenvalue weighted by molar-refractivity contribution is 6.30. The van der Waals surface area contributed by atoms with Gasteiger partial charge in [0.1, 0.15) is 5.84 Å². The molecule has 5 nitrogen and oxygen atoms in total.